The molecule has 0 bridgehead atoms. The molecule has 0 spiro atoms. The summed E-state index contributed by atoms with van der Waals surface area (Å²) in [6.07, 6.45) is 3.59. The molecular weight excluding hydrogens is 491 g/mol. The van der Waals surface area contributed by atoms with Gasteiger partial charge in [-0.25, -0.2) is 9.78 Å². The Hall–Kier alpha value is -2.61. The van der Waals surface area contributed by atoms with Gasteiger partial charge in [0.15, 0.2) is 0 Å². The summed E-state index contributed by atoms with van der Waals surface area (Å²) in [5, 5.41) is 0.346. The number of rotatable bonds is 9. The van der Waals surface area contributed by atoms with Crippen molar-refractivity contribution in [3.05, 3.63) is 70.1 Å². The van der Waals surface area contributed by atoms with Gasteiger partial charge in [0.25, 0.3) is 0 Å². The summed E-state index contributed by atoms with van der Waals surface area (Å²) >= 11 is 11.6. The molecule has 186 valence electrons. The Morgan fingerprint density at radius 1 is 1.23 bits per heavy atom. The normalized spacial score (nSPS) is 20.3. The monoisotopic (exact) mass is 518 g/mol. The predicted molar refractivity (Wildman–Crippen MR) is 132 cm³/mol. The third kappa shape index (κ3) is 6.34. The van der Waals surface area contributed by atoms with Crippen LogP contribution in [0.15, 0.2) is 53.9 Å². The van der Waals surface area contributed by atoms with E-state index in [9.17, 15) is 9.59 Å². The number of carbonyl (C=O) groups excluding carboxylic acids is 2. The van der Waals surface area contributed by atoms with E-state index in [0.717, 1.165) is 24.0 Å². The Morgan fingerprint density at radius 3 is 2.69 bits per heavy atom. The van der Waals surface area contributed by atoms with Crippen LogP contribution in [0.2, 0.25) is 5.15 Å². The number of halogens is 2. The highest BCUT2D eigenvalue weighted by Gasteiger charge is 2.38. The molecule has 0 radical (unpaired) electrons. The number of hydrogen-bond donors (Lipinski definition) is 0. The first-order valence-corrected chi connectivity index (χ1v) is 12.6. The molecule has 9 heteroatoms. The highest BCUT2D eigenvalue weighted by molar-refractivity contribution is 6.29. The summed E-state index contributed by atoms with van der Waals surface area (Å²) < 4.78 is 16.9. The van der Waals surface area contributed by atoms with Gasteiger partial charge in [0.05, 0.1) is 24.1 Å². The van der Waals surface area contributed by atoms with Crippen LogP contribution >= 0.6 is 23.2 Å². The fourth-order valence-electron chi connectivity index (χ4n) is 4.44. The van der Waals surface area contributed by atoms with Crippen molar-refractivity contribution >= 4 is 35.1 Å². The largest absolute Gasteiger partial charge is 0.492 e. The van der Waals surface area contributed by atoms with Gasteiger partial charge in [-0.05, 0) is 49.1 Å². The molecule has 7 nitrogen and oxygen atoms in total. The van der Waals surface area contributed by atoms with Crippen LogP contribution in [0.25, 0.3) is 0 Å². The van der Waals surface area contributed by atoms with Crippen LogP contribution < -0.4 is 4.74 Å². The van der Waals surface area contributed by atoms with Crippen molar-refractivity contribution in [3.63, 3.8) is 0 Å². The van der Waals surface area contributed by atoms with Crippen molar-refractivity contribution in [2.75, 3.05) is 25.6 Å². The Labute approximate surface area is 215 Å². The lowest BCUT2D eigenvalue weighted by molar-refractivity contribution is -0.141. The lowest BCUT2D eigenvalue weighted by Gasteiger charge is -2.35. The first-order valence-electron chi connectivity index (χ1n) is 11.6. The number of allylic oxidation sites excluding steroid dienone is 1. The summed E-state index contributed by atoms with van der Waals surface area (Å²) in [6, 6.07) is 10.8. The molecule has 1 saturated heterocycles. The maximum atomic E-state index is 13.4. The van der Waals surface area contributed by atoms with E-state index in [1.54, 1.807) is 30.2 Å². The third-order valence-corrected chi connectivity index (χ3v) is 6.62. The molecule has 2 aliphatic heterocycles. The van der Waals surface area contributed by atoms with Gasteiger partial charge in [-0.3, -0.25) is 4.79 Å². The first kappa shape index (κ1) is 25.5. The fraction of sp³-hybridized carbons (Fsp3) is 0.423. The van der Waals surface area contributed by atoms with Gasteiger partial charge >= 0.3 is 5.97 Å². The molecule has 1 aromatic heterocycles. The minimum atomic E-state index is -0.466. The zero-order valence-electron chi connectivity index (χ0n) is 19.5. The number of nitrogens with zero attached hydrogens (tertiary/aromatic N) is 2. The molecular formula is C26H28Cl2N2O5. The van der Waals surface area contributed by atoms with Gasteiger partial charge < -0.3 is 19.1 Å². The maximum Gasteiger partial charge on any atom is 0.336 e. The van der Waals surface area contributed by atoms with E-state index >= 15 is 0 Å². The zero-order valence-corrected chi connectivity index (χ0v) is 21.1. The van der Waals surface area contributed by atoms with Crippen molar-refractivity contribution in [1.29, 1.82) is 0 Å². The molecule has 3 heterocycles. The van der Waals surface area contributed by atoms with Crippen LogP contribution in [0, 0.1) is 0 Å². The topological polar surface area (TPSA) is 78.0 Å². The Kier molecular flexibility index (Phi) is 8.65. The maximum absolute atomic E-state index is 13.4. The molecule has 0 unspecified atom stereocenters. The van der Waals surface area contributed by atoms with E-state index in [0.29, 0.717) is 47.8 Å². The van der Waals surface area contributed by atoms with E-state index in [1.807, 2.05) is 24.3 Å². The number of pyridine rings is 1. The SMILES string of the molecule is CC1=C(C(=O)OCc2ccc(OCCCl)cc2)[C@@H](c2ccc(Cl)nc2)CC(=O)N1C[C@@H]1CCCO1. The highest BCUT2D eigenvalue weighted by Crippen LogP contribution is 2.37. The van der Waals surface area contributed by atoms with Crippen molar-refractivity contribution in [2.45, 2.75) is 44.8 Å². The second-order valence-electron chi connectivity index (χ2n) is 8.57. The van der Waals surface area contributed by atoms with Crippen LogP contribution in [-0.2, 0) is 25.7 Å². The Bertz CT molecular complexity index is 1070. The number of amides is 1. The summed E-state index contributed by atoms with van der Waals surface area (Å²) in [5.41, 5.74) is 2.61. The van der Waals surface area contributed by atoms with Gasteiger partial charge in [-0.15, -0.1) is 11.6 Å². The Balaban J connectivity index is 1.55. The molecule has 0 aliphatic carbocycles. The van der Waals surface area contributed by atoms with Gasteiger partial charge in [-0.1, -0.05) is 29.8 Å². The molecule has 1 aromatic carbocycles. The number of alkyl halides is 1. The average molecular weight is 519 g/mol. The van der Waals surface area contributed by atoms with Gasteiger partial charge in [0.1, 0.15) is 24.1 Å². The van der Waals surface area contributed by atoms with Crippen LogP contribution in [0.1, 0.15) is 43.2 Å². The molecule has 2 aromatic rings. The average Bonchev–Trinajstić information content (AvgIpc) is 3.38. The standard InChI is InChI=1S/C26H28Cl2N2O5/c1-17-25(26(32)35-16-18-4-7-20(8-5-18)34-12-10-27)22(19-6-9-23(28)29-14-19)13-24(31)30(17)15-21-3-2-11-33-21/h4-9,14,21-22H,2-3,10-13,15-16H2,1H3/t21-,22+/m0/s1. The van der Waals surface area contributed by atoms with Gasteiger partial charge in [0.2, 0.25) is 5.91 Å². The molecule has 1 amide bonds. The summed E-state index contributed by atoms with van der Waals surface area (Å²) in [5.74, 6) is 0.124. The lowest BCUT2D eigenvalue weighted by atomic mass is 9.84. The number of carbonyl (C=O) groups is 2. The minimum absolute atomic E-state index is 0.0283. The molecule has 2 atom stereocenters. The summed E-state index contributed by atoms with van der Waals surface area (Å²) in [6.45, 7) is 3.43. The van der Waals surface area contributed by atoms with E-state index in [2.05, 4.69) is 4.98 Å². The zero-order chi connectivity index (χ0) is 24.8. The third-order valence-electron chi connectivity index (χ3n) is 6.24. The molecule has 35 heavy (non-hydrogen) atoms. The number of ether oxygens (including phenoxy) is 3. The fourth-order valence-corrected chi connectivity index (χ4v) is 4.62. The van der Waals surface area contributed by atoms with E-state index in [1.165, 1.54) is 0 Å². The van der Waals surface area contributed by atoms with Crippen LogP contribution in [0.3, 0.4) is 0 Å². The molecule has 0 saturated carbocycles. The molecule has 0 N–H and O–H groups in total. The molecule has 4 rings (SSSR count). The van der Waals surface area contributed by atoms with Crippen LogP contribution in [0.4, 0.5) is 0 Å². The predicted octanol–water partition coefficient (Wildman–Crippen LogP) is 4.86. The van der Waals surface area contributed by atoms with Crippen LogP contribution in [0.5, 0.6) is 5.75 Å². The number of esters is 1. The first-order chi connectivity index (χ1) is 17.0. The summed E-state index contributed by atoms with van der Waals surface area (Å²) in [4.78, 5) is 32.3. The van der Waals surface area contributed by atoms with Crippen molar-refractivity contribution in [2.24, 2.45) is 0 Å². The number of aromatic nitrogens is 1. The number of benzene rings is 1. The van der Waals surface area contributed by atoms with Crippen LogP contribution in [-0.4, -0.2) is 53.5 Å². The van der Waals surface area contributed by atoms with E-state index < -0.39 is 11.9 Å². The van der Waals surface area contributed by atoms with Crippen molar-refractivity contribution in [1.82, 2.24) is 9.88 Å². The van der Waals surface area contributed by atoms with Crippen molar-refractivity contribution in [3.8, 4) is 5.75 Å². The van der Waals surface area contributed by atoms with E-state index in [4.69, 9.17) is 37.4 Å². The summed E-state index contributed by atoms with van der Waals surface area (Å²) in [7, 11) is 0. The second kappa shape index (κ2) is 11.9. The number of hydrogen-bond acceptors (Lipinski definition) is 6. The van der Waals surface area contributed by atoms with E-state index in [-0.39, 0.29) is 25.0 Å². The van der Waals surface area contributed by atoms with Gasteiger partial charge in [-0.2, -0.15) is 0 Å². The van der Waals surface area contributed by atoms with Gasteiger partial charge in [0, 0.05) is 30.8 Å². The molecule has 2 aliphatic rings. The van der Waals surface area contributed by atoms with Crippen molar-refractivity contribution < 1.29 is 23.8 Å². The molecule has 1 fully saturated rings. The highest BCUT2D eigenvalue weighted by atomic mass is 35.5. The quantitative estimate of drug-likeness (QED) is 0.268. The smallest absolute Gasteiger partial charge is 0.336 e. The lowest BCUT2D eigenvalue weighted by Crippen LogP contribution is -2.42. The minimum Gasteiger partial charge on any atom is -0.492 e. The Morgan fingerprint density at radius 2 is 2.03 bits per heavy atom. The second-order valence-corrected chi connectivity index (χ2v) is 9.33.